The van der Waals surface area contributed by atoms with Crippen molar-refractivity contribution in [2.75, 3.05) is 6.26 Å². The number of hydrogen-bond acceptors (Lipinski definition) is 3. The van der Waals surface area contributed by atoms with Gasteiger partial charge >= 0.3 is 0 Å². The number of carbonyl (C=O) groups excluding carboxylic acids is 1. The fraction of sp³-hybridized carbons (Fsp3) is 0.222. The number of hydrogen-bond donors (Lipinski definition) is 0. The van der Waals surface area contributed by atoms with Crippen molar-refractivity contribution in [1.29, 1.82) is 0 Å². The first-order valence-corrected chi connectivity index (χ1v) is 4.73. The molecule has 0 N–H and O–H groups in total. The highest BCUT2D eigenvalue weighted by molar-refractivity contribution is 7.98. The zero-order valence-corrected chi connectivity index (χ0v) is 7.81. The van der Waals surface area contributed by atoms with Crippen LogP contribution in [0.2, 0.25) is 0 Å². The van der Waals surface area contributed by atoms with Gasteiger partial charge in [0, 0.05) is 4.90 Å². The van der Waals surface area contributed by atoms with Gasteiger partial charge < -0.3 is 0 Å². The summed E-state index contributed by atoms with van der Waals surface area (Å²) in [6.45, 7) is 1.93. The van der Waals surface area contributed by atoms with Crippen LogP contribution in [-0.4, -0.2) is 12.3 Å². The van der Waals surface area contributed by atoms with Gasteiger partial charge in [-0.2, -0.15) is 4.99 Å². The van der Waals surface area contributed by atoms with Crippen LogP contribution in [0.1, 0.15) is 5.56 Å². The van der Waals surface area contributed by atoms with Gasteiger partial charge in [-0.25, -0.2) is 4.79 Å². The number of rotatable bonds is 2. The van der Waals surface area contributed by atoms with Crippen molar-refractivity contribution in [2.24, 2.45) is 4.99 Å². The number of aryl methyl sites for hydroxylation is 1. The first-order chi connectivity index (χ1) is 5.77. The van der Waals surface area contributed by atoms with Gasteiger partial charge in [-0.1, -0.05) is 0 Å². The molecule has 0 atom stereocenters. The summed E-state index contributed by atoms with van der Waals surface area (Å²) in [6.07, 6.45) is 3.54. The van der Waals surface area contributed by atoms with Crippen molar-refractivity contribution in [3.05, 3.63) is 23.8 Å². The topological polar surface area (TPSA) is 29.4 Å². The Balaban J connectivity index is 3.11. The lowest BCUT2D eigenvalue weighted by molar-refractivity contribution is 0.565. The molecule has 1 aromatic carbocycles. The predicted molar refractivity (Wildman–Crippen MR) is 50.7 cm³/mol. The van der Waals surface area contributed by atoms with Crippen molar-refractivity contribution in [1.82, 2.24) is 0 Å². The first-order valence-electron chi connectivity index (χ1n) is 3.50. The zero-order valence-electron chi connectivity index (χ0n) is 7.00. The van der Waals surface area contributed by atoms with E-state index in [0.29, 0.717) is 5.69 Å². The zero-order chi connectivity index (χ0) is 8.97. The van der Waals surface area contributed by atoms with Crippen molar-refractivity contribution in [2.45, 2.75) is 11.8 Å². The molecule has 3 heteroatoms. The first kappa shape index (κ1) is 9.04. The number of aliphatic imine (C=N–C) groups is 1. The number of nitrogens with zero attached hydrogens (tertiary/aromatic N) is 1. The lowest BCUT2D eigenvalue weighted by Crippen LogP contribution is -1.75. The van der Waals surface area contributed by atoms with Crippen LogP contribution in [-0.2, 0) is 4.79 Å². The Morgan fingerprint density at radius 2 is 2.25 bits per heavy atom. The summed E-state index contributed by atoms with van der Waals surface area (Å²) in [7, 11) is 0. The van der Waals surface area contributed by atoms with E-state index in [1.54, 1.807) is 11.8 Å². The maximum absolute atomic E-state index is 9.98. The molecule has 0 heterocycles. The van der Waals surface area contributed by atoms with E-state index < -0.39 is 0 Å². The van der Waals surface area contributed by atoms with Crippen LogP contribution in [0.5, 0.6) is 0 Å². The minimum absolute atomic E-state index is 0.697. The summed E-state index contributed by atoms with van der Waals surface area (Å²) < 4.78 is 0. The molecule has 0 bridgehead atoms. The third kappa shape index (κ3) is 1.97. The molecule has 0 aliphatic rings. The van der Waals surface area contributed by atoms with E-state index in [1.165, 1.54) is 11.0 Å². The molecule has 0 spiro atoms. The molecular formula is C9H9NOS. The standard InChI is InChI=1S/C9H9NOS/c1-7-5-8(12-2)3-4-9(7)10-6-11/h3-5H,1-2H3. The second kappa shape index (κ2) is 4.10. The molecule has 0 amide bonds. The summed E-state index contributed by atoms with van der Waals surface area (Å²) in [5.74, 6) is 0. The van der Waals surface area contributed by atoms with Crippen molar-refractivity contribution in [3.63, 3.8) is 0 Å². The molecule has 1 rings (SSSR count). The van der Waals surface area contributed by atoms with Crippen molar-refractivity contribution < 1.29 is 4.79 Å². The molecule has 0 saturated heterocycles. The highest BCUT2D eigenvalue weighted by Crippen LogP contribution is 2.23. The van der Waals surface area contributed by atoms with E-state index in [1.807, 2.05) is 31.4 Å². The van der Waals surface area contributed by atoms with Crippen LogP contribution >= 0.6 is 11.8 Å². The summed E-state index contributed by atoms with van der Waals surface area (Å²) in [4.78, 5) is 14.7. The van der Waals surface area contributed by atoms with Gasteiger partial charge in [0.05, 0.1) is 5.69 Å². The van der Waals surface area contributed by atoms with Gasteiger partial charge in [-0.05, 0) is 36.9 Å². The van der Waals surface area contributed by atoms with Gasteiger partial charge in [0.25, 0.3) is 0 Å². The molecule has 0 aliphatic heterocycles. The maximum atomic E-state index is 9.98. The Hall–Kier alpha value is -1.05. The quantitative estimate of drug-likeness (QED) is 0.397. The number of thioether (sulfide) groups is 1. The van der Waals surface area contributed by atoms with Crippen LogP contribution in [0.25, 0.3) is 0 Å². The molecule has 62 valence electrons. The molecule has 0 saturated carbocycles. The Labute approximate surface area is 75.7 Å². The molecule has 2 nitrogen and oxygen atoms in total. The van der Waals surface area contributed by atoms with Crippen LogP contribution in [0.15, 0.2) is 28.1 Å². The van der Waals surface area contributed by atoms with Gasteiger partial charge in [0.15, 0.2) is 0 Å². The normalized spacial score (nSPS) is 9.17. The van der Waals surface area contributed by atoms with Gasteiger partial charge in [-0.3, -0.25) is 0 Å². The average Bonchev–Trinajstić information content (AvgIpc) is 2.09. The van der Waals surface area contributed by atoms with Gasteiger partial charge in [0.1, 0.15) is 0 Å². The van der Waals surface area contributed by atoms with E-state index in [4.69, 9.17) is 0 Å². The predicted octanol–water partition coefficient (Wildman–Crippen LogP) is 2.68. The second-order valence-corrected chi connectivity index (χ2v) is 3.24. The van der Waals surface area contributed by atoms with E-state index in [-0.39, 0.29) is 0 Å². The van der Waals surface area contributed by atoms with E-state index in [9.17, 15) is 4.79 Å². The molecule has 0 aromatic heterocycles. The highest BCUT2D eigenvalue weighted by atomic mass is 32.2. The minimum Gasteiger partial charge on any atom is -0.211 e. The van der Waals surface area contributed by atoms with Crippen LogP contribution in [0.3, 0.4) is 0 Å². The van der Waals surface area contributed by atoms with Crippen molar-refractivity contribution in [3.8, 4) is 0 Å². The van der Waals surface area contributed by atoms with Crippen LogP contribution in [0.4, 0.5) is 5.69 Å². The second-order valence-electron chi connectivity index (χ2n) is 2.36. The largest absolute Gasteiger partial charge is 0.240 e. The Kier molecular flexibility index (Phi) is 3.09. The maximum Gasteiger partial charge on any atom is 0.240 e. The van der Waals surface area contributed by atoms with Crippen LogP contribution < -0.4 is 0 Å². The van der Waals surface area contributed by atoms with Gasteiger partial charge in [-0.15, -0.1) is 11.8 Å². The average molecular weight is 179 g/mol. The molecule has 0 fully saturated rings. The Morgan fingerprint density at radius 3 is 2.75 bits per heavy atom. The highest BCUT2D eigenvalue weighted by Gasteiger charge is 1.96. The summed E-state index contributed by atoms with van der Waals surface area (Å²) in [5, 5.41) is 0. The molecule has 0 radical (unpaired) electrons. The molecule has 0 unspecified atom stereocenters. The van der Waals surface area contributed by atoms with E-state index >= 15 is 0 Å². The lowest BCUT2D eigenvalue weighted by atomic mass is 10.2. The van der Waals surface area contributed by atoms with Crippen LogP contribution in [0, 0.1) is 6.92 Å². The van der Waals surface area contributed by atoms with E-state index in [2.05, 4.69) is 4.99 Å². The molecular weight excluding hydrogens is 170 g/mol. The fourth-order valence-corrected chi connectivity index (χ4v) is 1.43. The SMILES string of the molecule is CSc1ccc(N=C=O)c(C)c1. The van der Waals surface area contributed by atoms with E-state index in [0.717, 1.165) is 5.56 Å². The molecule has 12 heavy (non-hydrogen) atoms. The summed E-state index contributed by atoms with van der Waals surface area (Å²) in [6, 6.07) is 5.76. The lowest BCUT2D eigenvalue weighted by Gasteiger charge is -1.99. The molecule has 0 aliphatic carbocycles. The number of benzene rings is 1. The van der Waals surface area contributed by atoms with Gasteiger partial charge in [0.2, 0.25) is 6.08 Å². The fourth-order valence-electron chi connectivity index (χ4n) is 0.930. The smallest absolute Gasteiger partial charge is 0.211 e. The Bertz CT molecular complexity index is 329. The van der Waals surface area contributed by atoms with Crippen molar-refractivity contribution >= 4 is 23.5 Å². The minimum atomic E-state index is 0.697. The summed E-state index contributed by atoms with van der Waals surface area (Å²) in [5.41, 5.74) is 1.70. The Morgan fingerprint density at radius 1 is 1.50 bits per heavy atom. The number of isocyanates is 1. The summed E-state index contributed by atoms with van der Waals surface area (Å²) >= 11 is 1.67. The monoisotopic (exact) mass is 179 g/mol. The third-order valence-corrected chi connectivity index (χ3v) is 2.30. The molecule has 1 aromatic rings. The third-order valence-electron chi connectivity index (χ3n) is 1.57.